The predicted molar refractivity (Wildman–Crippen MR) is 160 cm³/mol. The summed E-state index contributed by atoms with van der Waals surface area (Å²) >= 11 is 0. The molecule has 0 saturated carbocycles. The van der Waals surface area contributed by atoms with Crippen molar-refractivity contribution in [2.24, 2.45) is 5.92 Å². The predicted octanol–water partition coefficient (Wildman–Crippen LogP) is 4.85. The molecular weight excluding hydrogens is 532 g/mol. The SMILES string of the molecule is CCCCCCCCCC(=O)OCCOCCOCCOCCOCCOCCOCCOCCOCC(C)CC. The number of esters is 1. The van der Waals surface area contributed by atoms with Gasteiger partial charge in [-0.15, -0.1) is 0 Å². The molecule has 0 spiro atoms. The quantitative estimate of drug-likeness (QED) is 0.0748. The summed E-state index contributed by atoms with van der Waals surface area (Å²) < 4.78 is 48.9. The lowest BCUT2D eigenvalue weighted by molar-refractivity contribution is -0.145. The fraction of sp³-hybridized carbons (Fsp3) is 0.968. The summed E-state index contributed by atoms with van der Waals surface area (Å²) in [5, 5.41) is 0. The number of unbranched alkanes of at least 4 members (excludes halogenated alkanes) is 6. The van der Waals surface area contributed by atoms with Crippen molar-refractivity contribution in [3.8, 4) is 0 Å². The zero-order valence-corrected chi connectivity index (χ0v) is 26.5. The minimum Gasteiger partial charge on any atom is -0.463 e. The summed E-state index contributed by atoms with van der Waals surface area (Å²) in [6.45, 7) is 15.4. The monoisotopic (exact) mass is 594 g/mol. The molecule has 1 unspecified atom stereocenters. The van der Waals surface area contributed by atoms with E-state index in [1.807, 2.05) is 0 Å². The molecule has 10 nitrogen and oxygen atoms in total. The summed E-state index contributed by atoms with van der Waals surface area (Å²) in [6.07, 6.45) is 9.97. The maximum atomic E-state index is 11.7. The summed E-state index contributed by atoms with van der Waals surface area (Å²) in [4.78, 5) is 11.7. The van der Waals surface area contributed by atoms with Crippen molar-refractivity contribution in [2.75, 3.05) is 112 Å². The van der Waals surface area contributed by atoms with E-state index in [-0.39, 0.29) is 5.97 Å². The summed E-state index contributed by atoms with van der Waals surface area (Å²) in [6, 6.07) is 0. The van der Waals surface area contributed by atoms with E-state index < -0.39 is 0 Å². The fourth-order valence-electron chi connectivity index (χ4n) is 3.45. The molecule has 0 aliphatic carbocycles. The molecule has 0 amide bonds. The molecule has 0 radical (unpaired) electrons. The van der Waals surface area contributed by atoms with Crippen molar-refractivity contribution in [1.29, 1.82) is 0 Å². The van der Waals surface area contributed by atoms with Crippen molar-refractivity contribution in [3.05, 3.63) is 0 Å². The second kappa shape index (κ2) is 35.3. The van der Waals surface area contributed by atoms with E-state index in [9.17, 15) is 4.79 Å². The first-order valence-electron chi connectivity index (χ1n) is 16.0. The van der Waals surface area contributed by atoms with E-state index in [2.05, 4.69) is 20.8 Å². The largest absolute Gasteiger partial charge is 0.463 e. The molecule has 0 heterocycles. The third kappa shape index (κ3) is 35.3. The van der Waals surface area contributed by atoms with E-state index in [1.54, 1.807) is 0 Å². The Morgan fingerprint density at radius 3 is 1.20 bits per heavy atom. The molecule has 0 aliphatic heterocycles. The van der Waals surface area contributed by atoms with Gasteiger partial charge in [-0.25, -0.2) is 0 Å². The highest BCUT2D eigenvalue weighted by Gasteiger charge is 2.03. The number of rotatable bonds is 35. The lowest BCUT2D eigenvalue weighted by atomic mass is 10.1. The Kier molecular flexibility index (Phi) is 34.6. The van der Waals surface area contributed by atoms with Gasteiger partial charge in [0.15, 0.2) is 0 Å². The molecule has 0 saturated heterocycles. The van der Waals surface area contributed by atoms with Crippen LogP contribution in [0.4, 0.5) is 0 Å². The summed E-state index contributed by atoms with van der Waals surface area (Å²) in [7, 11) is 0. The molecule has 246 valence electrons. The van der Waals surface area contributed by atoms with E-state index in [0.717, 1.165) is 25.9 Å². The molecule has 0 N–H and O–H groups in total. The number of ether oxygens (including phenoxy) is 9. The Labute approximate surface area is 250 Å². The lowest BCUT2D eigenvalue weighted by Crippen LogP contribution is -2.15. The van der Waals surface area contributed by atoms with Gasteiger partial charge >= 0.3 is 5.97 Å². The van der Waals surface area contributed by atoms with Crippen molar-refractivity contribution < 1.29 is 47.4 Å². The number of carbonyl (C=O) groups is 1. The smallest absolute Gasteiger partial charge is 0.305 e. The van der Waals surface area contributed by atoms with E-state index in [1.165, 1.54) is 32.1 Å². The standard InChI is InChI=1S/C31H62O10/c1-4-6-7-8-9-10-11-12-31(32)41-28-27-39-24-23-37-20-19-35-16-15-33-13-14-34-17-18-36-21-22-38-25-26-40-29-30(3)5-2/h30H,4-29H2,1-3H3. The number of hydrogen-bond donors (Lipinski definition) is 0. The van der Waals surface area contributed by atoms with Gasteiger partial charge in [0.05, 0.1) is 99.1 Å². The average molecular weight is 595 g/mol. The highest BCUT2D eigenvalue weighted by Crippen LogP contribution is 2.08. The second-order valence-corrected chi connectivity index (χ2v) is 9.97. The maximum absolute atomic E-state index is 11.7. The maximum Gasteiger partial charge on any atom is 0.305 e. The van der Waals surface area contributed by atoms with Crippen LogP contribution in [0.1, 0.15) is 78.6 Å². The molecular formula is C31H62O10. The Balaban J connectivity index is 3.11. The molecule has 0 aromatic carbocycles. The van der Waals surface area contributed by atoms with E-state index >= 15 is 0 Å². The minimum atomic E-state index is -0.135. The van der Waals surface area contributed by atoms with Crippen molar-refractivity contribution in [2.45, 2.75) is 78.6 Å². The average Bonchev–Trinajstić information content (AvgIpc) is 2.98. The molecule has 0 aromatic rings. The van der Waals surface area contributed by atoms with Gasteiger partial charge in [0.25, 0.3) is 0 Å². The van der Waals surface area contributed by atoms with Gasteiger partial charge in [-0.05, 0) is 12.3 Å². The Hall–Kier alpha value is -0.850. The molecule has 0 fully saturated rings. The van der Waals surface area contributed by atoms with Gasteiger partial charge < -0.3 is 42.6 Å². The van der Waals surface area contributed by atoms with Gasteiger partial charge in [0, 0.05) is 13.0 Å². The Morgan fingerprint density at radius 1 is 0.463 bits per heavy atom. The zero-order chi connectivity index (χ0) is 29.9. The third-order valence-electron chi connectivity index (χ3n) is 6.18. The second-order valence-electron chi connectivity index (χ2n) is 9.97. The molecule has 0 aromatic heterocycles. The zero-order valence-electron chi connectivity index (χ0n) is 26.5. The fourth-order valence-corrected chi connectivity index (χ4v) is 3.45. The topological polar surface area (TPSA) is 100 Å². The molecule has 0 rings (SSSR count). The first-order chi connectivity index (χ1) is 20.2. The van der Waals surface area contributed by atoms with Crippen LogP contribution >= 0.6 is 0 Å². The molecule has 0 aliphatic rings. The molecule has 10 heteroatoms. The van der Waals surface area contributed by atoms with Crippen LogP contribution in [0.3, 0.4) is 0 Å². The number of carbonyl (C=O) groups excluding carboxylic acids is 1. The van der Waals surface area contributed by atoms with Crippen molar-refractivity contribution >= 4 is 5.97 Å². The van der Waals surface area contributed by atoms with Crippen LogP contribution in [0.25, 0.3) is 0 Å². The van der Waals surface area contributed by atoms with Gasteiger partial charge in [0.1, 0.15) is 6.61 Å². The normalized spacial score (nSPS) is 12.2. The van der Waals surface area contributed by atoms with Crippen LogP contribution < -0.4 is 0 Å². The third-order valence-corrected chi connectivity index (χ3v) is 6.18. The van der Waals surface area contributed by atoms with Crippen LogP contribution in [0.2, 0.25) is 0 Å². The summed E-state index contributed by atoms with van der Waals surface area (Å²) in [5.74, 6) is 0.463. The van der Waals surface area contributed by atoms with Gasteiger partial charge in [-0.3, -0.25) is 4.79 Å². The van der Waals surface area contributed by atoms with Gasteiger partial charge in [0.2, 0.25) is 0 Å². The first kappa shape index (κ1) is 40.1. The summed E-state index contributed by atoms with van der Waals surface area (Å²) in [5.41, 5.74) is 0. The Morgan fingerprint density at radius 2 is 0.805 bits per heavy atom. The number of hydrogen-bond acceptors (Lipinski definition) is 10. The van der Waals surface area contributed by atoms with E-state index in [0.29, 0.717) is 118 Å². The molecule has 1 atom stereocenters. The van der Waals surface area contributed by atoms with Crippen LogP contribution in [-0.2, 0) is 47.4 Å². The van der Waals surface area contributed by atoms with Gasteiger partial charge in [-0.1, -0.05) is 65.7 Å². The van der Waals surface area contributed by atoms with Crippen molar-refractivity contribution in [3.63, 3.8) is 0 Å². The van der Waals surface area contributed by atoms with E-state index in [4.69, 9.17) is 42.6 Å². The lowest BCUT2D eigenvalue weighted by Gasteiger charge is -2.10. The highest BCUT2D eigenvalue weighted by atomic mass is 16.6. The molecule has 0 bridgehead atoms. The minimum absolute atomic E-state index is 0.135. The Bertz CT molecular complexity index is 509. The first-order valence-corrected chi connectivity index (χ1v) is 16.0. The van der Waals surface area contributed by atoms with Crippen LogP contribution in [-0.4, -0.2) is 118 Å². The van der Waals surface area contributed by atoms with Crippen LogP contribution in [0, 0.1) is 5.92 Å². The van der Waals surface area contributed by atoms with Crippen LogP contribution in [0.5, 0.6) is 0 Å². The van der Waals surface area contributed by atoms with Crippen molar-refractivity contribution in [1.82, 2.24) is 0 Å². The molecule has 41 heavy (non-hydrogen) atoms. The van der Waals surface area contributed by atoms with Crippen LogP contribution in [0.15, 0.2) is 0 Å². The highest BCUT2D eigenvalue weighted by molar-refractivity contribution is 5.69. The van der Waals surface area contributed by atoms with Gasteiger partial charge in [-0.2, -0.15) is 0 Å².